The fourth-order valence-electron chi connectivity index (χ4n) is 4.31. The van der Waals surface area contributed by atoms with Gasteiger partial charge in [0.1, 0.15) is 5.75 Å². The fourth-order valence-corrected chi connectivity index (χ4v) is 5.31. The number of ether oxygens (including phenoxy) is 1. The van der Waals surface area contributed by atoms with E-state index in [1.54, 1.807) is 12.0 Å². The molecule has 0 saturated carbocycles. The minimum atomic E-state index is -0.0759. The summed E-state index contributed by atoms with van der Waals surface area (Å²) in [6.45, 7) is 4.26. The zero-order valence-electron chi connectivity index (χ0n) is 20.7. The third-order valence-electron chi connectivity index (χ3n) is 6.40. The summed E-state index contributed by atoms with van der Waals surface area (Å²) in [5, 5.41) is 2.71. The molecule has 0 N–H and O–H groups in total. The van der Waals surface area contributed by atoms with Gasteiger partial charge < -0.3 is 4.74 Å². The van der Waals surface area contributed by atoms with E-state index < -0.39 is 0 Å². The predicted octanol–water partition coefficient (Wildman–Crippen LogP) is 7.78. The molecule has 4 nitrogen and oxygen atoms in total. The average Bonchev–Trinajstić information content (AvgIpc) is 3.23. The van der Waals surface area contributed by atoms with Crippen molar-refractivity contribution in [1.29, 1.82) is 0 Å². The van der Waals surface area contributed by atoms with Gasteiger partial charge in [0.15, 0.2) is 5.17 Å². The van der Waals surface area contributed by atoms with Crippen LogP contribution >= 0.6 is 11.8 Å². The smallest absolute Gasteiger partial charge is 0.271 e. The van der Waals surface area contributed by atoms with Gasteiger partial charge in [0.2, 0.25) is 0 Å². The van der Waals surface area contributed by atoms with Crippen LogP contribution in [0.2, 0.25) is 0 Å². The van der Waals surface area contributed by atoms with Gasteiger partial charge in [-0.05, 0) is 83.1 Å². The van der Waals surface area contributed by atoms with Gasteiger partial charge in [-0.1, -0.05) is 68.4 Å². The minimum absolute atomic E-state index is 0.0759. The van der Waals surface area contributed by atoms with Gasteiger partial charge in [0, 0.05) is 5.39 Å². The number of amides is 1. The van der Waals surface area contributed by atoms with Crippen LogP contribution in [0.15, 0.2) is 94.8 Å². The molecule has 1 aliphatic rings. The number of carbonyl (C=O) groups is 1. The molecule has 1 heterocycles. The van der Waals surface area contributed by atoms with Crippen LogP contribution in [0, 0.1) is 0 Å². The van der Waals surface area contributed by atoms with Crippen LogP contribution in [0.3, 0.4) is 0 Å². The summed E-state index contributed by atoms with van der Waals surface area (Å²) in [5.74, 6) is 0.738. The highest BCUT2D eigenvalue weighted by molar-refractivity contribution is 8.19. The Balaban J connectivity index is 1.59. The highest BCUT2D eigenvalue weighted by atomic mass is 32.2. The second kappa shape index (κ2) is 10.4. The van der Waals surface area contributed by atoms with Crippen molar-refractivity contribution in [1.82, 2.24) is 0 Å². The largest absolute Gasteiger partial charge is 0.496 e. The molecule has 180 valence electrons. The summed E-state index contributed by atoms with van der Waals surface area (Å²) < 4.78 is 5.55. The Morgan fingerprint density at radius 3 is 2.11 bits per heavy atom. The Bertz CT molecular complexity index is 1470. The lowest BCUT2D eigenvalue weighted by Gasteiger charge is -2.16. The van der Waals surface area contributed by atoms with Crippen LogP contribution in [0.4, 0.5) is 11.4 Å². The van der Waals surface area contributed by atoms with Crippen molar-refractivity contribution >= 4 is 51.1 Å². The number of fused-ring (bicyclic) bond motifs is 1. The van der Waals surface area contributed by atoms with Crippen LogP contribution in [0.5, 0.6) is 5.75 Å². The number of anilines is 1. The number of aryl methyl sites for hydroxylation is 2. The van der Waals surface area contributed by atoms with Gasteiger partial charge in [0.05, 0.1) is 23.4 Å². The van der Waals surface area contributed by atoms with Crippen molar-refractivity contribution in [2.75, 3.05) is 12.0 Å². The van der Waals surface area contributed by atoms with E-state index in [4.69, 9.17) is 9.73 Å². The molecule has 1 fully saturated rings. The van der Waals surface area contributed by atoms with E-state index in [1.807, 2.05) is 60.7 Å². The van der Waals surface area contributed by atoms with E-state index in [1.165, 1.54) is 22.9 Å². The molecule has 1 saturated heterocycles. The second-order valence-electron chi connectivity index (χ2n) is 8.59. The summed E-state index contributed by atoms with van der Waals surface area (Å²) in [6.07, 6.45) is 3.89. The van der Waals surface area contributed by atoms with Gasteiger partial charge in [-0.3, -0.25) is 9.69 Å². The molecule has 0 spiro atoms. The predicted molar refractivity (Wildman–Crippen MR) is 152 cm³/mol. The second-order valence-corrected chi connectivity index (χ2v) is 9.60. The Morgan fingerprint density at radius 2 is 1.47 bits per heavy atom. The van der Waals surface area contributed by atoms with Crippen molar-refractivity contribution in [3.05, 3.63) is 107 Å². The first-order chi connectivity index (χ1) is 17.6. The Hall–Kier alpha value is -3.83. The molecule has 4 aromatic rings. The van der Waals surface area contributed by atoms with E-state index in [9.17, 15) is 4.79 Å². The number of nitrogens with zero attached hydrogens (tertiary/aromatic N) is 2. The number of thioether (sulfide) groups is 1. The van der Waals surface area contributed by atoms with Crippen molar-refractivity contribution in [2.24, 2.45) is 4.99 Å². The van der Waals surface area contributed by atoms with E-state index >= 15 is 0 Å². The molecule has 4 aromatic carbocycles. The van der Waals surface area contributed by atoms with Gasteiger partial charge >= 0.3 is 0 Å². The summed E-state index contributed by atoms with van der Waals surface area (Å²) >= 11 is 1.41. The minimum Gasteiger partial charge on any atom is -0.496 e. The number of rotatable bonds is 6. The molecule has 0 radical (unpaired) electrons. The lowest BCUT2D eigenvalue weighted by Crippen LogP contribution is -2.28. The first kappa shape index (κ1) is 23.9. The Labute approximate surface area is 216 Å². The Kier molecular flexibility index (Phi) is 6.92. The van der Waals surface area contributed by atoms with Crippen molar-refractivity contribution in [2.45, 2.75) is 26.7 Å². The summed E-state index contributed by atoms with van der Waals surface area (Å²) in [4.78, 5) is 21.0. The number of carbonyl (C=O) groups excluding carboxylic acids is 1. The van der Waals surface area contributed by atoms with Crippen molar-refractivity contribution in [3.63, 3.8) is 0 Å². The zero-order valence-corrected chi connectivity index (χ0v) is 21.5. The molecule has 36 heavy (non-hydrogen) atoms. The molecule has 5 heteroatoms. The topological polar surface area (TPSA) is 41.9 Å². The highest BCUT2D eigenvalue weighted by Crippen LogP contribution is 2.39. The van der Waals surface area contributed by atoms with Crippen LogP contribution in [0.1, 0.15) is 30.5 Å². The molecule has 0 atom stereocenters. The van der Waals surface area contributed by atoms with Gasteiger partial charge in [-0.2, -0.15) is 0 Å². The van der Waals surface area contributed by atoms with Crippen LogP contribution in [-0.2, 0) is 17.6 Å². The SMILES string of the molecule is CCc1ccc(N=C2S/C(=C\c3ccc(OC)c4ccccc34)C(=O)N2c2ccc(CC)cc2)cc1. The maximum Gasteiger partial charge on any atom is 0.271 e. The highest BCUT2D eigenvalue weighted by Gasteiger charge is 2.35. The molecule has 5 rings (SSSR count). The lowest BCUT2D eigenvalue weighted by molar-refractivity contribution is -0.113. The first-order valence-corrected chi connectivity index (χ1v) is 13.0. The van der Waals surface area contributed by atoms with E-state index in [-0.39, 0.29) is 5.91 Å². The zero-order chi connectivity index (χ0) is 25.1. The van der Waals surface area contributed by atoms with E-state index in [0.717, 1.165) is 46.3 Å². The monoisotopic (exact) mass is 492 g/mol. The summed E-state index contributed by atoms with van der Waals surface area (Å²) in [6, 6.07) is 28.4. The molecule has 0 unspecified atom stereocenters. The number of aliphatic imine (C=N–C) groups is 1. The lowest BCUT2D eigenvalue weighted by atomic mass is 10.0. The van der Waals surface area contributed by atoms with E-state index in [0.29, 0.717) is 10.1 Å². The maximum atomic E-state index is 13.8. The van der Waals surface area contributed by atoms with Gasteiger partial charge in [-0.15, -0.1) is 0 Å². The third kappa shape index (κ3) is 4.67. The standard InChI is InChI=1S/C31H28N2O2S/c1-4-21-10-15-24(16-11-21)32-31-33(25-17-12-22(5-2)13-18-25)30(34)29(36-31)20-23-14-19-28(35-3)27-9-7-6-8-26(23)27/h6-20H,4-5H2,1-3H3/b29-20-,32-31?. The number of benzene rings is 4. The van der Waals surface area contributed by atoms with Crippen LogP contribution < -0.4 is 9.64 Å². The summed E-state index contributed by atoms with van der Waals surface area (Å²) in [5.41, 5.74) is 5.10. The quantitative estimate of drug-likeness (QED) is 0.258. The number of methoxy groups -OCH3 is 1. The van der Waals surface area contributed by atoms with Crippen LogP contribution in [0.25, 0.3) is 16.8 Å². The Morgan fingerprint density at radius 1 is 0.833 bits per heavy atom. The first-order valence-electron chi connectivity index (χ1n) is 12.2. The maximum absolute atomic E-state index is 13.8. The van der Waals surface area contributed by atoms with E-state index in [2.05, 4.69) is 44.2 Å². The molecule has 0 aromatic heterocycles. The normalized spacial score (nSPS) is 15.9. The molecular formula is C31H28N2O2S. The molecule has 1 amide bonds. The van der Waals surface area contributed by atoms with Gasteiger partial charge in [-0.25, -0.2) is 4.99 Å². The van der Waals surface area contributed by atoms with Crippen molar-refractivity contribution < 1.29 is 9.53 Å². The number of amidine groups is 1. The number of hydrogen-bond acceptors (Lipinski definition) is 4. The number of hydrogen-bond donors (Lipinski definition) is 0. The molecule has 0 aliphatic carbocycles. The third-order valence-corrected chi connectivity index (χ3v) is 7.37. The molecular weight excluding hydrogens is 464 g/mol. The van der Waals surface area contributed by atoms with Crippen molar-refractivity contribution in [3.8, 4) is 5.75 Å². The van der Waals surface area contributed by atoms with Crippen LogP contribution in [-0.4, -0.2) is 18.2 Å². The molecule has 0 bridgehead atoms. The fraction of sp³-hybridized carbons (Fsp3) is 0.161. The average molecular weight is 493 g/mol. The van der Waals surface area contributed by atoms with Gasteiger partial charge in [0.25, 0.3) is 5.91 Å². The molecule has 1 aliphatic heterocycles. The summed E-state index contributed by atoms with van der Waals surface area (Å²) in [7, 11) is 1.67.